The summed E-state index contributed by atoms with van der Waals surface area (Å²) in [7, 11) is 0. The molecule has 1 aromatic carbocycles. The molecule has 2 amide bonds. The summed E-state index contributed by atoms with van der Waals surface area (Å²) in [6, 6.07) is 7.68. The molecule has 2 unspecified atom stereocenters. The van der Waals surface area contributed by atoms with Crippen molar-refractivity contribution >= 4 is 23.6 Å². The minimum Gasteiger partial charge on any atom is -0.353 e. The first kappa shape index (κ1) is 12.5. The Morgan fingerprint density at radius 1 is 1.42 bits per heavy atom. The molecule has 1 N–H and O–H groups in total. The first-order chi connectivity index (χ1) is 9.18. The van der Waals surface area contributed by atoms with Gasteiger partial charge in [0, 0.05) is 23.7 Å². The molecule has 100 valence electrons. The van der Waals surface area contributed by atoms with Crippen molar-refractivity contribution in [3.8, 4) is 0 Å². The molecule has 0 bridgehead atoms. The third-order valence-electron chi connectivity index (χ3n) is 3.78. The molecule has 1 saturated heterocycles. The SMILES string of the molecule is CC1C(=O)NCCN1C(=O)C1CSc2ccccc21. The molecule has 1 fully saturated rings. The number of benzene rings is 1. The summed E-state index contributed by atoms with van der Waals surface area (Å²) >= 11 is 1.72. The van der Waals surface area contributed by atoms with Crippen molar-refractivity contribution in [3.63, 3.8) is 0 Å². The van der Waals surface area contributed by atoms with Crippen molar-refractivity contribution in [2.24, 2.45) is 0 Å². The molecule has 5 heteroatoms. The highest BCUT2D eigenvalue weighted by atomic mass is 32.2. The molecule has 0 saturated carbocycles. The van der Waals surface area contributed by atoms with E-state index in [1.165, 1.54) is 4.90 Å². The van der Waals surface area contributed by atoms with Gasteiger partial charge in [0.25, 0.3) is 0 Å². The van der Waals surface area contributed by atoms with Crippen LogP contribution in [0.1, 0.15) is 18.4 Å². The van der Waals surface area contributed by atoms with E-state index in [0.717, 1.165) is 11.3 Å². The van der Waals surface area contributed by atoms with E-state index in [9.17, 15) is 9.59 Å². The molecule has 0 spiro atoms. The van der Waals surface area contributed by atoms with Gasteiger partial charge in [-0.1, -0.05) is 18.2 Å². The van der Waals surface area contributed by atoms with Crippen LogP contribution in [0.3, 0.4) is 0 Å². The van der Waals surface area contributed by atoms with Crippen LogP contribution in [0, 0.1) is 0 Å². The summed E-state index contributed by atoms with van der Waals surface area (Å²) in [6.07, 6.45) is 0. The summed E-state index contributed by atoms with van der Waals surface area (Å²) < 4.78 is 0. The maximum atomic E-state index is 12.7. The molecule has 2 heterocycles. The summed E-state index contributed by atoms with van der Waals surface area (Å²) in [5.41, 5.74) is 1.11. The van der Waals surface area contributed by atoms with E-state index < -0.39 is 0 Å². The van der Waals surface area contributed by atoms with Gasteiger partial charge in [0.1, 0.15) is 6.04 Å². The number of thioether (sulfide) groups is 1. The Balaban J connectivity index is 1.84. The van der Waals surface area contributed by atoms with Gasteiger partial charge in [-0.05, 0) is 18.6 Å². The monoisotopic (exact) mass is 276 g/mol. The Morgan fingerprint density at radius 3 is 3.05 bits per heavy atom. The van der Waals surface area contributed by atoms with Gasteiger partial charge in [0.15, 0.2) is 0 Å². The van der Waals surface area contributed by atoms with Gasteiger partial charge in [-0.15, -0.1) is 11.8 Å². The first-order valence-corrected chi connectivity index (χ1v) is 7.47. The second kappa shape index (κ2) is 4.89. The number of rotatable bonds is 1. The first-order valence-electron chi connectivity index (χ1n) is 6.48. The summed E-state index contributed by atoms with van der Waals surface area (Å²) in [4.78, 5) is 27.2. The molecule has 2 atom stereocenters. The van der Waals surface area contributed by atoms with Crippen molar-refractivity contribution in [1.82, 2.24) is 10.2 Å². The Kier molecular flexibility index (Phi) is 3.22. The van der Waals surface area contributed by atoms with Crippen molar-refractivity contribution in [2.45, 2.75) is 23.8 Å². The lowest BCUT2D eigenvalue weighted by Gasteiger charge is -2.34. The Hall–Kier alpha value is -1.49. The van der Waals surface area contributed by atoms with Gasteiger partial charge >= 0.3 is 0 Å². The topological polar surface area (TPSA) is 49.4 Å². The highest BCUT2D eigenvalue weighted by Gasteiger charge is 2.37. The zero-order valence-electron chi connectivity index (χ0n) is 10.8. The van der Waals surface area contributed by atoms with E-state index in [1.807, 2.05) is 18.2 Å². The van der Waals surface area contributed by atoms with Gasteiger partial charge < -0.3 is 10.2 Å². The molecule has 2 aliphatic rings. The quantitative estimate of drug-likeness (QED) is 0.839. The number of nitrogens with zero attached hydrogens (tertiary/aromatic N) is 1. The largest absolute Gasteiger partial charge is 0.353 e. The number of hydrogen-bond acceptors (Lipinski definition) is 3. The van der Waals surface area contributed by atoms with Crippen LogP contribution in [0.2, 0.25) is 0 Å². The van der Waals surface area contributed by atoms with E-state index in [-0.39, 0.29) is 23.8 Å². The maximum absolute atomic E-state index is 12.7. The fourth-order valence-electron chi connectivity index (χ4n) is 2.65. The average molecular weight is 276 g/mol. The van der Waals surface area contributed by atoms with Crippen LogP contribution < -0.4 is 5.32 Å². The van der Waals surface area contributed by atoms with Gasteiger partial charge in [-0.25, -0.2) is 0 Å². The molecule has 0 aliphatic carbocycles. The van der Waals surface area contributed by atoms with E-state index in [4.69, 9.17) is 0 Å². The zero-order valence-corrected chi connectivity index (χ0v) is 11.6. The summed E-state index contributed by atoms with van der Waals surface area (Å²) in [5, 5.41) is 2.79. The van der Waals surface area contributed by atoms with Crippen LogP contribution in [0.4, 0.5) is 0 Å². The number of amides is 2. The minimum absolute atomic E-state index is 0.0569. The Morgan fingerprint density at radius 2 is 2.21 bits per heavy atom. The molecule has 1 aromatic rings. The van der Waals surface area contributed by atoms with Crippen LogP contribution in [-0.2, 0) is 9.59 Å². The normalized spacial score (nSPS) is 25.9. The fourth-order valence-corrected chi connectivity index (χ4v) is 3.87. The van der Waals surface area contributed by atoms with Crippen molar-refractivity contribution in [2.75, 3.05) is 18.8 Å². The molecule has 3 rings (SSSR count). The standard InChI is InChI=1S/C14H16N2O2S/c1-9-13(17)15-6-7-16(9)14(18)11-8-19-12-5-3-2-4-10(11)12/h2-5,9,11H,6-8H2,1H3,(H,15,17). The molecule has 2 aliphatic heterocycles. The predicted molar refractivity (Wildman–Crippen MR) is 74.1 cm³/mol. The Labute approximate surface area is 116 Å². The van der Waals surface area contributed by atoms with E-state index in [1.54, 1.807) is 23.6 Å². The molecule has 0 radical (unpaired) electrons. The van der Waals surface area contributed by atoms with Crippen LogP contribution in [0.5, 0.6) is 0 Å². The lowest BCUT2D eigenvalue weighted by Crippen LogP contribution is -2.56. The second-order valence-corrected chi connectivity index (χ2v) is 5.96. The number of carbonyl (C=O) groups is 2. The predicted octanol–water partition coefficient (Wildman–Crippen LogP) is 1.22. The number of hydrogen-bond donors (Lipinski definition) is 1. The molecule has 4 nitrogen and oxygen atoms in total. The summed E-state index contributed by atoms with van der Waals surface area (Å²) in [5.74, 6) is 0.705. The van der Waals surface area contributed by atoms with E-state index in [2.05, 4.69) is 11.4 Å². The minimum atomic E-state index is -0.362. The van der Waals surface area contributed by atoms with Crippen LogP contribution in [0.25, 0.3) is 0 Å². The lowest BCUT2D eigenvalue weighted by molar-refractivity contribution is -0.143. The molecular formula is C14H16N2O2S. The third-order valence-corrected chi connectivity index (χ3v) is 4.96. The fraction of sp³-hybridized carbons (Fsp3) is 0.429. The van der Waals surface area contributed by atoms with Crippen molar-refractivity contribution in [3.05, 3.63) is 29.8 Å². The summed E-state index contributed by atoms with van der Waals surface area (Å²) in [6.45, 7) is 2.95. The molecule has 19 heavy (non-hydrogen) atoms. The molecular weight excluding hydrogens is 260 g/mol. The number of nitrogens with one attached hydrogen (secondary N) is 1. The number of piperazine rings is 1. The second-order valence-electron chi connectivity index (χ2n) is 4.90. The zero-order chi connectivity index (χ0) is 13.4. The van der Waals surface area contributed by atoms with Crippen LogP contribution >= 0.6 is 11.8 Å². The van der Waals surface area contributed by atoms with Crippen LogP contribution in [0.15, 0.2) is 29.2 Å². The van der Waals surface area contributed by atoms with Crippen LogP contribution in [-0.4, -0.2) is 41.6 Å². The number of fused-ring (bicyclic) bond motifs is 1. The third kappa shape index (κ3) is 2.12. The number of carbonyl (C=O) groups excluding carboxylic acids is 2. The smallest absolute Gasteiger partial charge is 0.242 e. The van der Waals surface area contributed by atoms with Gasteiger partial charge in [-0.3, -0.25) is 9.59 Å². The van der Waals surface area contributed by atoms with Gasteiger partial charge in [-0.2, -0.15) is 0 Å². The van der Waals surface area contributed by atoms with Gasteiger partial charge in [0.2, 0.25) is 11.8 Å². The average Bonchev–Trinajstić information content (AvgIpc) is 2.85. The molecule has 0 aromatic heterocycles. The van der Waals surface area contributed by atoms with Crippen molar-refractivity contribution in [1.29, 1.82) is 0 Å². The van der Waals surface area contributed by atoms with E-state index in [0.29, 0.717) is 13.1 Å². The Bertz CT molecular complexity index is 532. The van der Waals surface area contributed by atoms with Gasteiger partial charge in [0.05, 0.1) is 5.92 Å². The van der Waals surface area contributed by atoms with E-state index >= 15 is 0 Å². The highest BCUT2D eigenvalue weighted by molar-refractivity contribution is 7.99. The maximum Gasteiger partial charge on any atom is 0.242 e. The highest BCUT2D eigenvalue weighted by Crippen LogP contribution is 2.40. The lowest BCUT2D eigenvalue weighted by atomic mass is 9.98. The van der Waals surface area contributed by atoms with Crippen molar-refractivity contribution < 1.29 is 9.59 Å².